The molecule has 0 fully saturated rings. The number of nitrogens with one attached hydrogen (secondary N) is 1. The molecule has 0 unspecified atom stereocenters. The van der Waals surface area contributed by atoms with Gasteiger partial charge in [-0.1, -0.05) is 4.49 Å². The standard InChI is InChI=1S/C9H5BrF2N4OS/c10-4-1-2-5(13-3-4)14-9(17)7-6(8(11)12)15-16-18-7/h1-3,8H,(H,13,14,17). The molecule has 0 radical (unpaired) electrons. The summed E-state index contributed by atoms with van der Waals surface area (Å²) in [6.07, 6.45) is -1.35. The minimum absolute atomic E-state index is 0.213. The number of hydrogen-bond acceptors (Lipinski definition) is 5. The molecule has 0 atom stereocenters. The van der Waals surface area contributed by atoms with Crippen LogP contribution >= 0.6 is 27.5 Å². The van der Waals surface area contributed by atoms with Crippen molar-refractivity contribution in [2.24, 2.45) is 0 Å². The van der Waals surface area contributed by atoms with Crippen molar-refractivity contribution in [3.63, 3.8) is 0 Å². The maximum Gasteiger partial charge on any atom is 0.283 e. The number of rotatable bonds is 3. The Labute approximate surface area is 113 Å². The molecule has 5 nitrogen and oxygen atoms in total. The van der Waals surface area contributed by atoms with Gasteiger partial charge in [-0.25, -0.2) is 13.8 Å². The summed E-state index contributed by atoms with van der Waals surface area (Å²) in [7, 11) is 0. The fourth-order valence-corrected chi connectivity index (χ4v) is 1.92. The third-order valence-electron chi connectivity index (χ3n) is 1.90. The van der Waals surface area contributed by atoms with Gasteiger partial charge in [-0.3, -0.25) is 4.79 Å². The molecule has 1 amide bonds. The van der Waals surface area contributed by atoms with Crippen molar-refractivity contribution in [1.82, 2.24) is 14.6 Å². The van der Waals surface area contributed by atoms with Crippen molar-refractivity contribution in [2.45, 2.75) is 6.43 Å². The molecule has 0 aliphatic rings. The molecule has 0 spiro atoms. The monoisotopic (exact) mass is 334 g/mol. The summed E-state index contributed by atoms with van der Waals surface area (Å²) in [6, 6.07) is 3.21. The van der Waals surface area contributed by atoms with E-state index < -0.39 is 18.0 Å². The molecular weight excluding hydrogens is 330 g/mol. The van der Waals surface area contributed by atoms with Gasteiger partial charge in [-0.05, 0) is 39.6 Å². The molecule has 1 N–H and O–H groups in total. The van der Waals surface area contributed by atoms with E-state index in [1.165, 1.54) is 6.20 Å². The van der Waals surface area contributed by atoms with Crippen LogP contribution in [0.2, 0.25) is 0 Å². The number of aromatic nitrogens is 3. The van der Waals surface area contributed by atoms with Crippen LogP contribution in [0.25, 0.3) is 0 Å². The Kier molecular flexibility index (Phi) is 3.92. The van der Waals surface area contributed by atoms with Gasteiger partial charge in [-0.2, -0.15) is 0 Å². The number of halogens is 3. The van der Waals surface area contributed by atoms with Gasteiger partial charge in [-0.15, -0.1) is 5.10 Å². The maximum atomic E-state index is 12.5. The predicted molar refractivity (Wildman–Crippen MR) is 64.8 cm³/mol. The summed E-state index contributed by atoms with van der Waals surface area (Å²) in [5, 5.41) is 5.62. The first-order valence-corrected chi connectivity index (χ1v) is 6.18. The van der Waals surface area contributed by atoms with Crippen molar-refractivity contribution in [3.05, 3.63) is 33.4 Å². The van der Waals surface area contributed by atoms with Gasteiger partial charge in [0.15, 0.2) is 5.69 Å². The first-order valence-electron chi connectivity index (χ1n) is 4.61. The number of amides is 1. The van der Waals surface area contributed by atoms with E-state index in [-0.39, 0.29) is 10.7 Å². The number of hydrogen-bond donors (Lipinski definition) is 1. The van der Waals surface area contributed by atoms with Crippen molar-refractivity contribution < 1.29 is 13.6 Å². The van der Waals surface area contributed by atoms with Gasteiger partial charge in [0.25, 0.3) is 12.3 Å². The molecule has 0 aromatic carbocycles. The second kappa shape index (κ2) is 5.44. The lowest BCUT2D eigenvalue weighted by Gasteiger charge is -2.03. The van der Waals surface area contributed by atoms with Crippen LogP contribution in [0.15, 0.2) is 22.8 Å². The Morgan fingerprint density at radius 2 is 2.22 bits per heavy atom. The van der Waals surface area contributed by atoms with Crippen LogP contribution in [-0.4, -0.2) is 20.5 Å². The smallest absolute Gasteiger partial charge is 0.283 e. The third kappa shape index (κ3) is 2.85. The van der Waals surface area contributed by atoms with Crippen molar-refractivity contribution in [2.75, 3.05) is 5.32 Å². The van der Waals surface area contributed by atoms with Crippen LogP contribution < -0.4 is 5.32 Å². The first-order chi connectivity index (χ1) is 8.58. The molecule has 0 aliphatic carbocycles. The Morgan fingerprint density at radius 1 is 1.44 bits per heavy atom. The van der Waals surface area contributed by atoms with E-state index in [9.17, 15) is 13.6 Å². The summed E-state index contributed by atoms with van der Waals surface area (Å²) in [5.74, 6) is -0.438. The summed E-state index contributed by atoms with van der Waals surface area (Å²) in [4.78, 5) is 15.4. The van der Waals surface area contributed by atoms with Crippen LogP contribution in [-0.2, 0) is 0 Å². The predicted octanol–water partition coefficient (Wildman–Crippen LogP) is 2.89. The SMILES string of the molecule is O=C(Nc1ccc(Br)cn1)c1snnc1C(F)F. The molecule has 0 bridgehead atoms. The molecular formula is C9H5BrF2N4OS. The molecule has 2 aromatic heterocycles. The number of carbonyl (C=O) groups excluding carboxylic acids is 1. The minimum atomic E-state index is -2.83. The van der Waals surface area contributed by atoms with Gasteiger partial charge < -0.3 is 5.32 Å². The van der Waals surface area contributed by atoms with E-state index in [4.69, 9.17) is 0 Å². The highest BCUT2D eigenvalue weighted by atomic mass is 79.9. The average Bonchev–Trinajstić information content (AvgIpc) is 2.81. The summed E-state index contributed by atoms with van der Waals surface area (Å²) in [6.45, 7) is 0. The van der Waals surface area contributed by atoms with Crippen molar-refractivity contribution in [3.8, 4) is 0 Å². The lowest BCUT2D eigenvalue weighted by atomic mass is 10.3. The highest BCUT2D eigenvalue weighted by Gasteiger charge is 2.23. The highest BCUT2D eigenvalue weighted by molar-refractivity contribution is 9.10. The van der Waals surface area contributed by atoms with E-state index >= 15 is 0 Å². The fraction of sp³-hybridized carbons (Fsp3) is 0.111. The summed E-state index contributed by atoms with van der Waals surface area (Å²) >= 11 is 3.81. The fourth-order valence-electron chi connectivity index (χ4n) is 1.12. The Balaban J connectivity index is 2.17. The average molecular weight is 335 g/mol. The van der Waals surface area contributed by atoms with E-state index in [1.54, 1.807) is 12.1 Å². The second-order valence-electron chi connectivity index (χ2n) is 3.10. The normalized spacial score (nSPS) is 10.7. The van der Waals surface area contributed by atoms with E-state index in [0.717, 1.165) is 4.47 Å². The Bertz CT molecular complexity index is 560. The number of alkyl halides is 2. The van der Waals surface area contributed by atoms with Crippen LogP contribution in [0, 0.1) is 0 Å². The molecule has 18 heavy (non-hydrogen) atoms. The van der Waals surface area contributed by atoms with E-state index in [1.807, 2.05) is 0 Å². The minimum Gasteiger partial charge on any atom is -0.306 e. The lowest BCUT2D eigenvalue weighted by Crippen LogP contribution is -2.13. The largest absolute Gasteiger partial charge is 0.306 e. The molecule has 2 heterocycles. The molecule has 0 aliphatic heterocycles. The maximum absolute atomic E-state index is 12.5. The van der Waals surface area contributed by atoms with Gasteiger partial charge in [0.2, 0.25) is 0 Å². The number of carbonyl (C=O) groups is 1. The molecule has 0 saturated carbocycles. The molecule has 9 heteroatoms. The first kappa shape index (κ1) is 13.0. The topological polar surface area (TPSA) is 67.8 Å². The van der Waals surface area contributed by atoms with E-state index in [2.05, 4.69) is 35.8 Å². The van der Waals surface area contributed by atoms with Gasteiger partial charge >= 0.3 is 0 Å². The summed E-state index contributed by atoms with van der Waals surface area (Å²) in [5.41, 5.74) is -0.616. The van der Waals surface area contributed by atoms with Crippen LogP contribution in [0.4, 0.5) is 14.6 Å². The van der Waals surface area contributed by atoms with E-state index in [0.29, 0.717) is 11.5 Å². The van der Waals surface area contributed by atoms with Crippen molar-refractivity contribution in [1.29, 1.82) is 0 Å². The third-order valence-corrected chi connectivity index (χ3v) is 3.10. The van der Waals surface area contributed by atoms with Crippen LogP contribution in [0.1, 0.15) is 21.8 Å². The zero-order chi connectivity index (χ0) is 13.1. The zero-order valence-corrected chi connectivity index (χ0v) is 11.0. The van der Waals surface area contributed by atoms with Gasteiger partial charge in [0.05, 0.1) is 0 Å². The van der Waals surface area contributed by atoms with Crippen LogP contribution in [0.5, 0.6) is 0 Å². The van der Waals surface area contributed by atoms with Gasteiger partial charge in [0.1, 0.15) is 10.7 Å². The second-order valence-corrected chi connectivity index (χ2v) is 4.77. The molecule has 94 valence electrons. The highest BCUT2D eigenvalue weighted by Crippen LogP contribution is 2.23. The van der Waals surface area contributed by atoms with Crippen LogP contribution in [0.3, 0.4) is 0 Å². The summed E-state index contributed by atoms with van der Waals surface area (Å²) < 4.78 is 29.1. The van der Waals surface area contributed by atoms with Crippen molar-refractivity contribution >= 4 is 39.2 Å². The molecule has 0 saturated heterocycles. The number of anilines is 1. The number of pyridine rings is 1. The quantitative estimate of drug-likeness (QED) is 0.937. The van der Waals surface area contributed by atoms with Gasteiger partial charge in [0, 0.05) is 10.7 Å². The lowest BCUT2D eigenvalue weighted by molar-refractivity contribution is 0.101. The Morgan fingerprint density at radius 3 is 2.83 bits per heavy atom. The number of nitrogens with zero attached hydrogens (tertiary/aromatic N) is 3. The molecule has 2 aromatic rings. The molecule has 2 rings (SSSR count). The Hall–Kier alpha value is -1.48. The zero-order valence-electron chi connectivity index (χ0n) is 8.60.